The highest BCUT2D eigenvalue weighted by Gasteiger charge is 2.34. The van der Waals surface area contributed by atoms with Gasteiger partial charge in [-0.25, -0.2) is 0 Å². The summed E-state index contributed by atoms with van der Waals surface area (Å²) in [5.74, 6) is -0.0257. The minimum atomic E-state index is -0.671. The molecule has 2 N–H and O–H groups in total. The molecule has 0 bridgehead atoms. The maximum Gasteiger partial charge on any atom is 0.290 e. The first-order chi connectivity index (χ1) is 7.59. The van der Waals surface area contributed by atoms with Crippen LogP contribution in [0.2, 0.25) is 0 Å². The number of hydrogen-bond donors (Lipinski definition) is 1. The van der Waals surface area contributed by atoms with Crippen LogP contribution in [-0.4, -0.2) is 21.8 Å². The molecule has 4 nitrogen and oxygen atoms in total. The van der Waals surface area contributed by atoms with Crippen molar-refractivity contribution in [3.63, 3.8) is 0 Å². The van der Waals surface area contributed by atoms with Crippen LogP contribution in [-0.2, 0) is 4.79 Å². The van der Waals surface area contributed by atoms with Gasteiger partial charge in [0.05, 0.1) is 5.75 Å². The zero-order valence-corrected chi connectivity index (χ0v) is 9.66. The van der Waals surface area contributed by atoms with Crippen LogP contribution in [0.25, 0.3) is 0 Å². The van der Waals surface area contributed by atoms with Crippen molar-refractivity contribution >= 4 is 22.9 Å². The minimum absolute atomic E-state index is 0.193. The molecule has 84 valence electrons. The van der Waals surface area contributed by atoms with Gasteiger partial charge in [0, 0.05) is 0 Å². The Morgan fingerprint density at radius 1 is 1.44 bits per heavy atom. The van der Waals surface area contributed by atoms with Crippen molar-refractivity contribution in [1.29, 1.82) is 0 Å². The standard InChI is InChI=1S/C11H12N2O2S/c1-7-3-2-4-8(5-7)10(12)13-9(14)6-16-11(13)15/h2-5,10H,6,12H2,1H3. The maximum absolute atomic E-state index is 11.5. The third-order valence-electron chi connectivity index (χ3n) is 2.45. The average molecular weight is 236 g/mol. The lowest BCUT2D eigenvalue weighted by molar-refractivity contribution is -0.126. The van der Waals surface area contributed by atoms with Gasteiger partial charge >= 0.3 is 0 Å². The second kappa shape index (κ2) is 4.27. The molecule has 0 saturated carbocycles. The van der Waals surface area contributed by atoms with Gasteiger partial charge in [0.25, 0.3) is 5.24 Å². The van der Waals surface area contributed by atoms with Crippen molar-refractivity contribution in [1.82, 2.24) is 4.90 Å². The van der Waals surface area contributed by atoms with E-state index in [2.05, 4.69) is 0 Å². The Kier molecular flexibility index (Phi) is 2.98. The van der Waals surface area contributed by atoms with Crippen molar-refractivity contribution in [3.8, 4) is 0 Å². The molecular weight excluding hydrogens is 224 g/mol. The van der Waals surface area contributed by atoms with Gasteiger partial charge in [-0.05, 0) is 12.5 Å². The van der Waals surface area contributed by atoms with Gasteiger partial charge in [-0.1, -0.05) is 41.6 Å². The van der Waals surface area contributed by atoms with Crippen LogP contribution in [0, 0.1) is 6.92 Å². The van der Waals surface area contributed by atoms with Crippen LogP contribution in [0.5, 0.6) is 0 Å². The molecule has 1 saturated heterocycles. The molecule has 0 aromatic heterocycles. The molecule has 1 aromatic rings. The lowest BCUT2D eigenvalue weighted by Gasteiger charge is -2.21. The molecule has 5 heteroatoms. The fourth-order valence-electron chi connectivity index (χ4n) is 1.64. The summed E-state index contributed by atoms with van der Waals surface area (Å²) in [6, 6.07) is 7.51. The number of aryl methyl sites for hydroxylation is 1. The molecule has 1 atom stereocenters. The largest absolute Gasteiger partial charge is 0.307 e. The quantitative estimate of drug-likeness (QED) is 0.848. The second-order valence-electron chi connectivity index (χ2n) is 3.68. The molecule has 0 aliphatic carbocycles. The summed E-state index contributed by atoms with van der Waals surface area (Å²) in [6.07, 6.45) is -0.671. The highest BCUT2D eigenvalue weighted by molar-refractivity contribution is 8.14. The van der Waals surface area contributed by atoms with Crippen molar-refractivity contribution in [2.24, 2.45) is 5.73 Å². The molecule has 16 heavy (non-hydrogen) atoms. The van der Waals surface area contributed by atoms with Crippen LogP contribution in [0.15, 0.2) is 24.3 Å². The fraction of sp³-hybridized carbons (Fsp3) is 0.273. The second-order valence-corrected chi connectivity index (χ2v) is 4.60. The zero-order valence-electron chi connectivity index (χ0n) is 8.84. The van der Waals surface area contributed by atoms with Crippen molar-refractivity contribution in [2.45, 2.75) is 13.1 Å². The van der Waals surface area contributed by atoms with Gasteiger partial charge < -0.3 is 5.73 Å². The van der Waals surface area contributed by atoms with E-state index in [4.69, 9.17) is 5.73 Å². The Balaban J connectivity index is 2.28. The lowest BCUT2D eigenvalue weighted by atomic mass is 10.1. The average Bonchev–Trinajstić information content (AvgIpc) is 2.58. The zero-order chi connectivity index (χ0) is 11.7. The van der Waals surface area contributed by atoms with E-state index in [1.807, 2.05) is 31.2 Å². The highest BCUT2D eigenvalue weighted by atomic mass is 32.2. The maximum atomic E-state index is 11.5. The van der Waals surface area contributed by atoms with E-state index in [1.54, 1.807) is 0 Å². The van der Waals surface area contributed by atoms with E-state index in [0.717, 1.165) is 27.8 Å². The first kappa shape index (κ1) is 11.2. The molecular formula is C11H12N2O2S. The van der Waals surface area contributed by atoms with Crippen molar-refractivity contribution in [3.05, 3.63) is 35.4 Å². The van der Waals surface area contributed by atoms with E-state index < -0.39 is 6.17 Å². The van der Waals surface area contributed by atoms with E-state index in [9.17, 15) is 9.59 Å². The number of thioether (sulfide) groups is 1. The number of benzene rings is 1. The molecule has 1 heterocycles. The summed E-state index contributed by atoms with van der Waals surface area (Å²) < 4.78 is 0. The Morgan fingerprint density at radius 3 is 2.75 bits per heavy atom. The molecule has 0 spiro atoms. The molecule has 1 aliphatic heterocycles. The Labute approximate surface area is 97.8 Å². The first-order valence-electron chi connectivity index (χ1n) is 4.90. The van der Waals surface area contributed by atoms with Crippen LogP contribution in [0.3, 0.4) is 0 Å². The van der Waals surface area contributed by atoms with Gasteiger partial charge in [0.1, 0.15) is 6.17 Å². The number of hydrogen-bond acceptors (Lipinski definition) is 4. The van der Waals surface area contributed by atoms with E-state index in [-0.39, 0.29) is 16.9 Å². The summed E-state index contributed by atoms with van der Waals surface area (Å²) >= 11 is 0.998. The van der Waals surface area contributed by atoms with Gasteiger partial charge in [-0.3, -0.25) is 14.5 Å². The summed E-state index contributed by atoms with van der Waals surface area (Å²) in [5.41, 5.74) is 7.76. The number of carbonyl (C=O) groups excluding carboxylic acids is 2. The molecule has 1 fully saturated rings. The summed E-state index contributed by atoms with van der Waals surface area (Å²) in [6.45, 7) is 1.94. The van der Waals surface area contributed by atoms with Crippen LogP contribution in [0.4, 0.5) is 4.79 Å². The Morgan fingerprint density at radius 2 is 2.19 bits per heavy atom. The topological polar surface area (TPSA) is 63.4 Å². The third kappa shape index (κ3) is 1.96. The first-order valence-corrected chi connectivity index (χ1v) is 5.89. The predicted octanol–water partition coefficient (Wildman–Crippen LogP) is 1.65. The van der Waals surface area contributed by atoms with E-state index in [1.165, 1.54) is 0 Å². The van der Waals surface area contributed by atoms with Gasteiger partial charge in [-0.15, -0.1) is 0 Å². The number of carbonyl (C=O) groups is 2. The number of nitrogens with zero attached hydrogens (tertiary/aromatic N) is 1. The predicted molar refractivity (Wildman–Crippen MR) is 62.8 cm³/mol. The molecule has 1 unspecified atom stereocenters. The molecule has 2 amide bonds. The van der Waals surface area contributed by atoms with Crippen LogP contribution >= 0.6 is 11.8 Å². The highest BCUT2D eigenvalue weighted by Crippen LogP contribution is 2.26. The van der Waals surface area contributed by atoms with Crippen LogP contribution in [0.1, 0.15) is 17.3 Å². The normalized spacial score (nSPS) is 18.0. The fourth-order valence-corrected chi connectivity index (χ4v) is 2.38. The third-order valence-corrected chi connectivity index (χ3v) is 3.28. The van der Waals surface area contributed by atoms with E-state index >= 15 is 0 Å². The molecule has 2 rings (SSSR count). The molecule has 0 radical (unpaired) electrons. The Hall–Kier alpha value is -1.33. The molecule has 1 aromatic carbocycles. The minimum Gasteiger partial charge on any atom is -0.307 e. The summed E-state index contributed by atoms with van der Waals surface area (Å²) in [5, 5.41) is -0.265. The summed E-state index contributed by atoms with van der Waals surface area (Å²) in [4.78, 5) is 24.1. The molecule has 1 aliphatic rings. The smallest absolute Gasteiger partial charge is 0.290 e. The lowest BCUT2D eigenvalue weighted by Crippen LogP contribution is -2.38. The van der Waals surface area contributed by atoms with Gasteiger partial charge in [0.15, 0.2) is 0 Å². The number of imide groups is 1. The van der Waals surface area contributed by atoms with Crippen molar-refractivity contribution < 1.29 is 9.59 Å². The SMILES string of the molecule is Cc1cccc(C(N)N2C(=O)CSC2=O)c1. The number of nitrogens with two attached hydrogens (primary N) is 1. The van der Waals surface area contributed by atoms with Gasteiger partial charge in [-0.2, -0.15) is 0 Å². The van der Waals surface area contributed by atoms with E-state index in [0.29, 0.717) is 0 Å². The Bertz CT molecular complexity index is 431. The van der Waals surface area contributed by atoms with Crippen molar-refractivity contribution in [2.75, 3.05) is 5.75 Å². The van der Waals surface area contributed by atoms with Crippen LogP contribution < -0.4 is 5.73 Å². The summed E-state index contributed by atoms with van der Waals surface area (Å²) in [7, 11) is 0. The number of rotatable bonds is 2. The monoisotopic (exact) mass is 236 g/mol. The van der Waals surface area contributed by atoms with Gasteiger partial charge in [0.2, 0.25) is 5.91 Å². The number of amides is 2.